The number of hydrogen-bond donors (Lipinski definition) is 0. The summed E-state index contributed by atoms with van der Waals surface area (Å²) in [6.45, 7) is 0. The maximum absolute atomic E-state index is 8.74. The molecule has 2 nitrogen and oxygen atoms in total. The lowest BCUT2D eigenvalue weighted by Gasteiger charge is -2.11. The number of nitrogens with zero attached hydrogens (tertiary/aromatic N) is 2. The largest absolute Gasteiger partial charge is 0.378 e. The summed E-state index contributed by atoms with van der Waals surface area (Å²) in [6.07, 6.45) is 8.11. The second-order valence-electron chi connectivity index (χ2n) is 4.94. The van der Waals surface area contributed by atoms with Crippen LogP contribution in [0.1, 0.15) is 16.7 Å². The fraction of sp³-hybridized carbons (Fsp3) is 0.105. The van der Waals surface area contributed by atoms with Crippen molar-refractivity contribution in [2.45, 2.75) is 0 Å². The van der Waals surface area contributed by atoms with Crippen molar-refractivity contribution in [1.29, 1.82) is 5.26 Å². The van der Waals surface area contributed by atoms with E-state index in [1.165, 1.54) is 11.3 Å². The zero-order valence-electron chi connectivity index (χ0n) is 12.3. The van der Waals surface area contributed by atoms with Gasteiger partial charge in [-0.2, -0.15) is 5.26 Å². The first-order chi connectivity index (χ1) is 10.2. The van der Waals surface area contributed by atoms with Gasteiger partial charge in [0.2, 0.25) is 0 Å². The molecule has 0 bridgehead atoms. The van der Waals surface area contributed by atoms with Gasteiger partial charge in [0, 0.05) is 19.8 Å². The number of allylic oxidation sites excluding steroid dienone is 2. The molecule has 104 valence electrons. The summed E-state index contributed by atoms with van der Waals surface area (Å²) >= 11 is 0. The van der Waals surface area contributed by atoms with E-state index in [-0.39, 0.29) is 0 Å². The van der Waals surface area contributed by atoms with Gasteiger partial charge >= 0.3 is 0 Å². The van der Waals surface area contributed by atoms with Crippen molar-refractivity contribution in [2.24, 2.45) is 0 Å². The van der Waals surface area contributed by atoms with E-state index in [9.17, 15) is 0 Å². The maximum atomic E-state index is 8.74. The van der Waals surface area contributed by atoms with E-state index in [1.807, 2.05) is 56.6 Å². The highest BCUT2D eigenvalue weighted by atomic mass is 15.1. The van der Waals surface area contributed by atoms with Gasteiger partial charge in [-0.15, -0.1) is 0 Å². The Morgan fingerprint density at radius 2 is 1.29 bits per heavy atom. The lowest BCUT2D eigenvalue weighted by atomic mass is 10.1. The van der Waals surface area contributed by atoms with Crippen LogP contribution in [0.2, 0.25) is 0 Å². The first-order valence-electron chi connectivity index (χ1n) is 6.81. The number of rotatable bonds is 4. The first kappa shape index (κ1) is 14.6. The highest BCUT2D eigenvalue weighted by molar-refractivity contribution is 5.59. The van der Waals surface area contributed by atoms with E-state index < -0.39 is 0 Å². The van der Waals surface area contributed by atoms with Gasteiger partial charge in [0.1, 0.15) is 0 Å². The summed E-state index contributed by atoms with van der Waals surface area (Å²) in [6, 6.07) is 18.0. The third-order valence-electron chi connectivity index (χ3n) is 3.14. The van der Waals surface area contributed by atoms with Gasteiger partial charge in [-0.05, 0) is 35.4 Å². The molecule has 0 atom stereocenters. The van der Waals surface area contributed by atoms with Gasteiger partial charge in [0.15, 0.2) is 0 Å². The summed E-state index contributed by atoms with van der Waals surface area (Å²) < 4.78 is 0. The van der Waals surface area contributed by atoms with E-state index in [2.05, 4.69) is 41.3 Å². The SMILES string of the molecule is CN(C)c1ccc(C=CC=Cc2ccc(C#N)cc2)cc1. The van der Waals surface area contributed by atoms with Gasteiger partial charge in [0.25, 0.3) is 0 Å². The molecule has 0 N–H and O–H groups in total. The molecule has 0 heterocycles. The molecule has 0 amide bonds. The fourth-order valence-electron chi connectivity index (χ4n) is 1.89. The van der Waals surface area contributed by atoms with Gasteiger partial charge in [-0.1, -0.05) is 48.6 Å². The van der Waals surface area contributed by atoms with Crippen molar-refractivity contribution < 1.29 is 0 Å². The van der Waals surface area contributed by atoms with E-state index in [0.717, 1.165) is 5.56 Å². The average molecular weight is 274 g/mol. The topological polar surface area (TPSA) is 27.0 Å². The quantitative estimate of drug-likeness (QED) is 0.775. The molecule has 2 aromatic rings. The van der Waals surface area contributed by atoms with Gasteiger partial charge in [0.05, 0.1) is 11.6 Å². The van der Waals surface area contributed by atoms with Crippen molar-refractivity contribution >= 4 is 17.8 Å². The Labute approximate surface area is 126 Å². The van der Waals surface area contributed by atoms with Crippen LogP contribution in [0.25, 0.3) is 12.2 Å². The van der Waals surface area contributed by atoms with Gasteiger partial charge < -0.3 is 4.90 Å². The molecule has 0 saturated carbocycles. The van der Waals surface area contributed by atoms with E-state index >= 15 is 0 Å². The monoisotopic (exact) mass is 274 g/mol. The number of benzene rings is 2. The van der Waals surface area contributed by atoms with Crippen LogP contribution in [-0.4, -0.2) is 14.1 Å². The summed E-state index contributed by atoms with van der Waals surface area (Å²) in [5.74, 6) is 0. The number of hydrogen-bond acceptors (Lipinski definition) is 2. The lowest BCUT2D eigenvalue weighted by Crippen LogP contribution is -2.07. The van der Waals surface area contributed by atoms with Crippen LogP contribution >= 0.6 is 0 Å². The summed E-state index contributed by atoms with van der Waals surface area (Å²) in [5.41, 5.74) is 4.13. The minimum absolute atomic E-state index is 0.684. The number of anilines is 1. The van der Waals surface area contributed by atoms with Crippen molar-refractivity contribution in [2.75, 3.05) is 19.0 Å². The van der Waals surface area contributed by atoms with Crippen LogP contribution in [0.5, 0.6) is 0 Å². The third kappa shape index (κ3) is 4.36. The smallest absolute Gasteiger partial charge is 0.0991 e. The molecule has 0 aromatic heterocycles. The lowest BCUT2D eigenvalue weighted by molar-refractivity contribution is 1.13. The summed E-state index contributed by atoms with van der Waals surface area (Å²) in [5, 5.41) is 8.74. The molecule has 0 unspecified atom stereocenters. The summed E-state index contributed by atoms with van der Waals surface area (Å²) in [4.78, 5) is 2.08. The van der Waals surface area contributed by atoms with Crippen molar-refractivity contribution in [3.05, 3.63) is 77.4 Å². The minimum Gasteiger partial charge on any atom is -0.378 e. The Bertz CT molecular complexity index is 669. The van der Waals surface area contributed by atoms with E-state index in [4.69, 9.17) is 5.26 Å². The standard InChI is InChI=1S/C19H18N2/c1-21(2)19-13-11-17(12-14-19)6-4-3-5-16-7-9-18(15-20)10-8-16/h3-14H,1-2H3. The van der Waals surface area contributed by atoms with Gasteiger partial charge in [-0.3, -0.25) is 0 Å². The fourth-order valence-corrected chi connectivity index (χ4v) is 1.89. The van der Waals surface area contributed by atoms with Crippen LogP contribution in [0.15, 0.2) is 60.7 Å². The van der Waals surface area contributed by atoms with Crippen molar-refractivity contribution in [3.63, 3.8) is 0 Å². The molecule has 0 saturated heterocycles. The molecule has 0 radical (unpaired) electrons. The van der Waals surface area contributed by atoms with Gasteiger partial charge in [-0.25, -0.2) is 0 Å². The predicted octanol–water partition coefficient (Wildman–Crippen LogP) is 4.35. The average Bonchev–Trinajstić information content (AvgIpc) is 2.52. The minimum atomic E-state index is 0.684. The van der Waals surface area contributed by atoms with Crippen LogP contribution in [-0.2, 0) is 0 Å². The Morgan fingerprint density at radius 1 is 0.810 bits per heavy atom. The first-order valence-corrected chi connectivity index (χ1v) is 6.81. The molecule has 0 aliphatic carbocycles. The molecule has 0 aliphatic rings. The molecular formula is C19H18N2. The van der Waals surface area contributed by atoms with Crippen LogP contribution in [0.4, 0.5) is 5.69 Å². The summed E-state index contributed by atoms with van der Waals surface area (Å²) in [7, 11) is 4.07. The van der Waals surface area contributed by atoms with Crippen molar-refractivity contribution in [1.82, 2.24) is 0 Å². The molecule has 0 fully saturated rings. The molecule has 2 aromatic carbocycles. The second kappa shape index (κ2) is 7.12. The zero-order valence-corrected chi connectivity index (χ0v) is 12.3. The second-order valence-corrected chi connectivity index (χ2v) is 4.94. The Balaban J connectivity index is 1.97. The number of nitriles is 1. The van der Waals surface area contributed by atoms with Crippen LogP contribution in [0, 0.1) is 11.3 Å². The normalized spacial score (nSPS) is 10.9. The Kier molecular flexibility index (Phi) is 4.95. The molecule has 0 spiro atoms. The zero-order chi connectivity index (χ0) is 15.1. The van der Waals surface area contributed by atoms with Crippen LogP contribution < -0.4 is 4.90 Å². The molecule has 0 aliphatic heterocycles. The Morgan fingerprint density at radius 3 is 1.71 bits per heavy atom. The Hall–Kier alpha value is -2.79. The molecular weight excluding hydrogens is 256 g/mol. The molecule has 21 heavy (non-hydrogen) atoms. The highest BCUT2D eigenvalue weighted by Crippen LogP contribution is 2.13. The third-order valence-corrected chi connectivity index (χ3v) is 3.14. The maximum Gasteiger partial charge on any atom is 0.0991 e. The van der Waals surface area contributed by atoms with Crippen LogP contribution in [0.3, 0.4) is 0 Å². The van der Waals surface area contributed by atoms with E-state index in [0.29, 0.717) is 5.56 Å². The van der Waals surface area contributed by atoms with Crippen molar-refractivity contribution in [3.8, 4) is 6.07 Å². The molecule has 2 heteroatoms. The predicted molar refractivity (Wildman–Crippen MR) is 90.0 cm³/mol. The van der Waals surface area contributed by atoms with E-state index in [1.54, 1.807) is 0 Å². The molecule has 2 rings (SSSR count). The highest BCUT2D eigenvalue weighted by Gasteiger charge is 1.93.